The van der Waals surface area contributed by atoms with Gasteiger partial charge in [0.1, 0.15) is 0 Å². The van der Waals surface area contributed by atoms with Gasteiger partial charge in [-0.25, -0.2) is 0 Å². The van der Waals surface area contributed by atoms with E-state index in [1.54, 1.807) is 0 Å². The lowest BCUT2D eigenvalue weighted by Gasteiger charge is -2.29. The van der Waals surface area contributed by atoms with Crippen LogP contribution in [0.15, 0.2) is 18.2 Å². The summed E-state index contributed by atoms with van der Waals surface area (Å²) in [4.78, 5) is 0. The maximum Gasteiger partial charge on any atom is 0.0322 e. The van der Waals surface area contributed by atoms with Crippen LogP contribution in [0.25, 0.3) is 0 Å². The molecule has 2 aliphatic rings. The summed E-state index contributed by atoms with van der Waals surface area (Å²) in [7, 11) is 0. The zero-order chi connectivity index (χ0) is 12.5. The smallest absolute Gasteiger partial charge is 0.0322 e. The van der Waals surface area contributed by atoms with E-state index >= 15 is 0 Å². The minimum atomic E-state index is 0.535. The molecular formula is C16H24N2. The summed E-state index contributed by atoms with van der Waals surface area (Å²) in [5.74, 6) is 0.802. The van der Waals surface area contributed by atoms with Crippen molar-refractivity contribution in [2.45, 2.75) is 63.6 Å². The van der Waals surface area contributed by atoms with Gasteiger partial charge >= 0.3 is 0 Å². The van der Waals surface area contributed by atoms with Gasteiger partial charge in [-0.1, -0.05) is 24.6 Å². The minimum absolute atomic E-state index is 0.535. The molecule has 2 unspecified atom stereocenters. The van der Waals surface area contributed by atoms with Gasteiger partial charge in [-0.3, -0.25) is 0 Å². The highest BCUT2D eigenvalue weighted by atomic mass is 15.0. The number of nitrogens with two attached hydrogens (primary N) is 1. The highest BCUT2D eigenvalue weighted by Gasteiger charge is 2.26. The van der Waals surface area contributed by atoms with Crippen molar-refractivity contribution >= 4 is 0 Å². The summed E-state index contributed by atoms with van der Waals surface area (Å²) in [6.45, 7) is 2.97. The van der Waals surface area contributed by atoms with Crippen molar-refractivity contribution in [1.29, 1.82) is 0 Å². The molecule has 0 bridgehead atoms. The standard InChI is InChI=1S/C16H24N2/c1-11-3-2-4-16(18-11)13-7-8-15(12-5-6-12)14(9-13)10-17/h7-9,11-12,16,18H,2-6,10,17H2,1H3. The van der Waals surface area contributed by atoms with E-state index in [0.717, 1.165) is 5.92 Å². The average Bonchev–Trinajstić information content (AvgIpc) is 3.22. The maximum absolute atomic E-state index is 5.92. The van der Waals surface area contributed by atoms with Crippen LogP contribution in [-0.2, 0) is 6.54 Å². The lowest BCUT2D eigenvalue weighted by molar-refractivity contribution is 0.341. The van der Waals surface area contributed by atoms with Crippen molar-refractivity contribution in [3.05, 3.63) is 34.9 Å². The summed E-state index contributed by atoms with van der Waals surface area (Å²) >= 11 is 0. The fourth-order valence-electron chi connectivity index (χ4n) is 3.21. The van der Waals surface area contributed by atoms with Crippen molar-refractivity contribution in [3.8, 4) is 0 Å². The molecule has 1 aliphatic carbocycles. The Bertz CT molecular complexity index is 423. The Kier molecular flexibility index (Phi) is 3.40. The van der Waals surface area contributed by atoms with Gasteiger partial charge in [0.2, 0.25) is 0 Å². The van der Waals surface area contributed by atoms with Crippen molar-refractivity contribution < 1.29 is 0 Å². The first kappa shape index (κ1) is 12.2. The Labute approximate surface area is 110 Å². The molecule has 1 heterocycles. The highest BCUT2D eigenvalue weighted by molar-refractivity contribution is 5.38. The summed E-state index contributed by atoms with van der Waals surface area (Å²) in [5, 5.41) is 3.71. The van der Waals surface area contributed by atoms with E-state index in [4.69, 9.17) is 5.73 Å². The topological polar surface area (TPSA) is 38.0 Å². The van der Waals surface area contributed by atoms with E-state index in [2.05, 4.69) is 30.4 Å². The zero-order valence-electron chi connectivity index (χ0n) is 11.3. The van der Waals surface area contributed by atoms with Gasteiger partial charge in [-0.05, 0) is 55.2 Å². The Morgan fingerprint density at radius 2 is 2.06 bits per heavy atom. The first-order valence-electron chi connectivity index (χ1n) is 7.36. The molecule has 1 saturated heterocycles. The first-order valence-corrected chi connectivity index (χ1v) is 7.36. The third-order valence-corrected chi connectivity index (χ3v) is 4.42. The van der Waals surface area contributed by atoms with Gasteiger partial charge in [0.15, 0.2) is 0 Å². The van der Waals surface area contributed by atoms with E-state index < -0.39 is 0 Å². The Balaban J connectivity index is 1.83. The highest BCUT2D eigenvalue weighted by Crippen LogP contribution is 2.42. The van der Waals surface area contributed by atoms with Gasteiger partial charge in [0.05, 0.1) is 0 Å². The summed E-state index contributed by atoms with van der Waals surface area (Å²) in [6, 6.07) is 8.18. The van der Waals surface area contributed by atoms with Crippen molar-refractivity contribution in [2.75, 3.05) is 0 Å². The number of piperidine rings is 1. The predicted molar refractivity (Wildman–Crippen MR) is 75.5 cm³/mol. The fourth-order valence-corrected chi connectivity index (χ4v) is 3.21. The molecule has 3 N–H and O–H groups in total. The van der Waals surface area contributed by atoms with Crippen molar-refractivity contribution in [1.82, 2.24) is 5.32 Å². The van der Waals surface area contributed by atoms with E-state index in [1.165, 1.54) is 48.8 Å². The van der Waals surface area contributed by atoms with Crippen LogP contribution in [0.5, 0.6) is 0 Å². The van der Waals surface area contributed by atoms with Crippen LogP contribution in [0.2, 0.25) is 0 Å². The molecule has 0 spiro atoms. The second-order valence-electron chi connectivity index (χ2n) is 5.99. The molecule has 2 heteroatoms. The van der Waals surface area contributed by atoms with Crippen LogP contribution >= 0.6 is 0 Å². The number of nitrogens with one attached hydrogen (secondary N) is 1. The monoisotopic (exact) mass is 244 g/mol. The molecule has 0 aromatic heterocycles. The molecule has 98 valence electrons. The molecule has 2 atom stereocenters. The molecule has 0 radical (unpaired) electrons. The fraction of sp³-hybridized carbons (Fsp3) is 0.625. The third-order valence-electron chi connectivity index (χ3n) is 4.42. The SMILES string of the molecule is CC1CCCC(c2ccc(C3CC3)c(CN)c2)N1. The largest absolute Gasteiger partial charge is 0.326 e. The van der Waals surface area contributed by atoms with Crippen molar-refractivity contribution in [2.24, 2.45) is 5.73 Å². The number of hydrogen-bond donors (Lipinski definition) is 2. The molecule has 1 aliphatic heterocycles. The first-order chi connectivity index (χ1) is 8.78. The van der Waals surface area contributed by atoms with Crippen LogP contribution in [0.4, 0.5) is 0 Å². The van der Waals surface area contributed by atoms with Crippen molar-refractivity contribution in [3.63, 3.8) is 0 Å². The molecule has 0 amide bonds. The van der Waals surface area contributed by atoms with Crippen LogP contribution in [0.3, 0.4) is 0 Å². The third kappa shape index (κ3) is 2.45. The van der Waals surface area contributed by atoms with E-state index in [9.17, 15) is 0 Å². The normalized spacial score (nSPS) is 28.3. The molecule has 1 saturated carbocycles. The molecule has 1 aromatic carbocycles. The second-order valence-corrected chi connectivity index (χ2v) is 5.99. The lowest BCUT2D eigenvalue weighted by Crippen LogP contribution is -2.34. The van der Waals surface area contributed by atoms with E-state index in [0.29, 0.717) is 18.6 Å². The molecule has 3 rings (SSSR count). The lowest BCUT2D eigenvalue weighted by atomic mass is 9.91. The Morgan fingerprint density at radius 1 is 1.22 bits per heavy atom. The average molecular weight is 244 g/mol. The van der Waals surface area contributed by atoms with Crippen LogP contribution in [-0.4, -0.2) is 6.04 Å². The Hall–Kier alpha value is -0.860. The minimum Gasteiger partial charge on any atom is -0.326 e. The van der Waals surface area contributed by atoms with E-state index in [-0.39, 0.29) is 0 Å². The van der Waals surface area contributed by atoms with Gasteiger partial charge < -0.3 is 11.1 Å². The van der Waals surface area contributed by atoms with E-state index in [1.807, 2.05) is 0 Å². The molecular weight excluding hydrogens is 220 g/mol. The Morgan fingerprint density at radius 3 is 2.72 bits per heavy atom. The summed E-state index contributed by atoms with van der Waals surface area (Å²) in [6.07, 6.45) is 6.61. The molecule has 1 aromatic rings. The maximum atomic E-state index is 5.92. The number of benzene rings is 1. The number of rotatable bonds is 3. The molecule has 18 heavy (non-hydrogen) atoms. The molecule has 2 fully saturated rings. The zero-order valence-corrected chi connectivity index (χ0v) is 11.3. The predicted octanol–water partition coefficient (Wildman–Crippen LogP) is 3.23. The van der Waals surface area contributed by atoms with Gasteiger partial charge in [0.25, 0.3) is 0 Å². The van der Waals surface area contributed by atoms with Crippen LogP contribution in [0.1, 0.15) is 67.7 Å². The van der Waals surface area contributed by atoms with Gasteiger partial charge in [-0.15, -0.1) is 0 Å². The van der Waals surface area contributed by atoms with Gasteiger partial charge in [-0.2, -0.15) is 0 Å². The molecule has 2 nitrogen and oxygen atoms in total. The number of hydrogen-bond acceptors (Lipinski definition) is 2. The van der Waals surface area contributed by atoms with Crippen LogP contribution in [0, 0.1) is 0 Å². The summed E-state index contributed by atoms with van der Waals surface area (Å²) in [5.41, 5.74) is 10.2. The summed E-state index contributed by atoms with van der Waals surface area (Å²) < 4.78 is 0. The second kappa shape index (κ2) is 5.02. The quantitative estimate of drug-likeness (QED) is 0.856. The van der Waals surface area contributed by atoms with Gasteiger partial charge in [0, 0.05) is 18.6 Å². The van der Waals surface area contributed by atoms with Crippen LogP contribution < -0.4 is 11.1 Å².